The van der Waals surface area contributed by atoms with Crippen LogP contribution in [0.4, 0.5) is 10.1 Å². The monoisotopic (exact) mass is 455 g/mol. The summed E-state index contributed by atoms with van der Waals surface area (Å²) >= 11 is 0. The van der Waals surface area contributed by atoms with Gasteiger partial charge in [0.2, 0.25) is 0 Å². The van der Waals surface area contributed by atoms with E-state index >= 15 is 0 Å². The van der Waals surface area contributed by atoms with E-state index in [4.69, 9.17) is 4.74 Å². The van der Waals surface area contributed by atoms with Gasteiger partial charge in [-0.15, -0.1) is 0 Å². The van der Waals surface area contributed by atoms with E-state index in [9.17, 15) is 14.0 Å². The molecule has 1 heterocycles. The second kappa shape index (κ2) is 10.9. The fourth-order valence-electron chi connectivity index (χ4n) is 3.32. The van der Waals surface area contributed by atoms with E-state index < -0.39 is 11.9 Å². The number of hydrogen-bond acceptors (Lipinski definition) is 4. The Bertz CT molecular complexity index is 1270. The van der Waals surface area contributed by atoms with Crippen LogP contribution in [0.3, 0.4) is 0 Å². The quantitative estimate of drug-likeness (QED) is 0.391. The number of anilines is 1. The number of halogens is 1. The first-order valence-corrected chi connectivity index (χ1v) is 10.6. The lowest BCUT2D eigenvalue weighted by atomic mass is 10.1. The van der Waals surface area contributed by atoms with Crippen LogP contribution in [0.2, 0.25) is 0 Å². The second-order valence-electron chi connectivity index (χ2n) is 7.45. The molecule has 2 N–H and O–H groups in total. The van der Waals surface area contributed by atoms with Crippen molar-refractivity contribution in [2.45, 2.75) is 6.04 Å². The zero-order valence-corrected chi connectivity index (χ0v) is 18.1. The zero-order valence-electron chi connectivity index (χ0n) is 18.1. The molecule has 0 aliphatic heterocycles. The summed E-state index contributed by atoms with van der Waals surface area (Å²) in [4.78, 5) is 29.4. The minimum Gasteiger partial charge on any atom is -0.488 e. The summed E-state index contributed by atoms with van der Waals surface area (Å²) in [7, 11) is 0. The van der Waals surface area contributed by atoms with E-state index in [0.717, 1.165) is 5.56 Å². The zero-order chi connectivity index (χ0) is 23.8. The number of amides is 2. The fourth-order valence-corrected chi connectivity index (χ4v) is 3.32. The van der Waals surface area contributed by atoms with Crippen LogP contribution in [0.25, 0.3) is 0 Å². The van der Waals surface area contributed by atoms with Crippen LogP contribution in [0.15, 0.2) is 103 Å². The first-order valence-electron chi connectivity index (χ1n) is 10.6. The number of carbonyl (C=O) groups excluding carboxylic acids is 2. The number of pyridine rings is 1. The summed E-state index contributed by atoms with van der Waals surface area (Å²) in [5.41, 5.74) is 2.05. The van der Waals surface area contributed by atoms with Gasteiger partial charge < -0.3 is 15.4 Å². The average molecular weight is 455 g/mol. The van der Waals surface area contributed by atoms with E-state index in [2.05, 4.69) is 15.6 Å². The van der Waals surface area contributed by atoms with Gasteiger partial charge in [0.15, 0.2) is 11.6 Å². The van der Waals surface area contributed by atoms with Gasteiger partial charge in [0.1, 0.15) is 6.61 Å². The topological polar surface area (TPSA) is 80.3 Å². The molecule has 6 nitrogen and oxygen atoms in total. The lowest BCUT2D eigenvalue weighted by Gasteiger charge is -2.20. The van der Waals surface area contributed by atoms with Gasteiger partial charge in [0.25, 0.3) is 11.8 Å². The summed E-state index contributed by atoms with van der Waals surface area (Å²) < 4.78 is 19.7. The molecule has 2 amide bonds. The SMILES string of the molecule is O=C(Nc1cccc(C(=O)NC(COc2ccccc2F)c2ccccc2)c1)c1cccnc1. The van der Waals surface area contributed by atoms with Gasteiger partial charge in [-0.05, 0) is 48.0 Å². The summed E-state index contributed by atoms with van der Waals surface area (Å²) in [5.74, 6) is -1.05. The molecule has 0 saturated carbocycles. The van der Waals surface area contributed by atoms with E-state index in [-0.39, 0.29) is 24.2 Å². The summed E-state index contributed by atoms with van der Waals surface area (Å²) in [5, 5.41) is 5.71. The molecule has 0 fully saturated rings. The fraction of sp³-hybridized carbons (Fsp3) is 0.0741. The predicted octanol–water partition coefficient (Wildman–Crippen LogP) is 5.02. The number of nitrogens with zero attached hydrogens (tertiary/aromatic N) is 1. The van der Waals surface area contributed by atoms with E-state index in [1.807, 2.05) is 30.3 Å². The van der Waals surface area contributed by atoms with Gasteiger partial charge in [-0.2, -0.15) is 0 Å². The Kier molecular flexibility index (Phi) is 7.25. The minimum absolute atomic E-state index is 0.0358. The van der Waals surface area contributed by atoms with Crippen LogP contribution < -0.4 is 15.4 Å². The molecule has 170 valence electrons. The normalized spacial score (nSPS) is 11.3. The standard InChI is InChI=1S/C27H22FN3O3/c28-23-13-4-5-14-25(23)34-18-24(19-8-2-1-3-9-19)31-26(32)20-10-6-12-22(16-20)30-27(33)21-11-7-15-29-17-21/h1-17,24H,18H2,(H,30,33)(H,31,32). The van der Waals surface area contributed by atoms with Crippen LogP contribution in [0.1, 0.15) is 32.3 Å². The van der Waals surface area contributed by atoms with Crippen LogP contribution >= 0.6 is 0 Å². The predicted molar refractivity (Wildman–Crippen MR) is 127 cm³/mol. The Morgan fingerprint density at radius 3 is 2.38 bits per heavy atom. The first kappa shape index (κ1) is 22.7. The van der Waals surface area contributed by atoms with Crippen molar-refractivity contribution < 1.29 is 18.7 Å². The van der Waals surface area contributed by atoms with E-state index in [0.29, 0.717) is 16.8 Å². The molecule has 0 aliphatic rings. The number of ether oxygens (including phenoxy) is 1. The Morgan fingerprint density at radius 2 is 1.62 bits per heavy atom. The van der Waals surface area contributed by atoms with Gasteiger partial charge in [-0.1, -0.05) is 48.5 Å². The summed E-state index contributed by atoms with van der Waals surface area (Å²) in [6.07, 6.45) is 3.05. The molecule has 1 aromatic heterocycles. The third kappa shape index (κ3) is 5.83. The molecule has 7 heteroatoms. The van der Waals surface area contributed by atoms with Gasteiger partial charge >= 0.3 is 0 Å². The summed E-state index contributed by atoms with van der Waals surface area (Å²) in [6, 6.07) is 24.8. The van der Waals surface area contributed by atoms with E-state index in [1.165, 1.54) is 18.3 Å². The van der Waals surface area contributed by atoms with E-state index in [1.54, 1.807) is 54.7 Å². The molecule has 1 unspecified atom stereocenters. The highest BCUT2D eigenvalue weighted by Gasteiger charge is 2.18. The average Bonchev–Trinajstić information content (AvgIpc) is 2.88. The maximum Gasteiger partial charge on any atom is 0.257 e. The Balaban J connectivity index is 1.48. The number of hydrogen-bond donors (Lipinski definition) is 2. The van der Waals surface area contributed by atoms with Crippen LogP contribution in [0, 0.1) is 5.82 Å². The molecule has 3 aromatic carbocycles. The van der Waals surface area contributed by atoms with Gasteiger partial charge in [0, 0.05) is 23.6 Å². The molecule has 0 spiro atoms. The number of benzene rings is 3. The minimum atomic E-state index is -0.526. The molecule has 34 heavy (non-hydrogen) atoms. The first-order chi connectivity index (χ1) is 16.6. The molecule has 4 aromatic rings. The lowest BCUT2D eigenvalue weighted by Crippen LogP contribution is -2.32. The largest absolute Gasteiger partial charge is 0.488 e. The molecule has 0 aliphatic carbocycles. The molecule has 1 atom stereocenters. The summed E-state index contributed by atoms with van der Waals surface area (Å²) in [6.45, 7) is 0.0358. The van der Waals surface area contributed by atoms with Crippen molar-refractivity contribution in [3.8, 4) is 5.75 Å². The van der Waals surface area contributed by atoms with Crippen molar-refractivity contribution in [1.29, 1.82) is 0 Å². The number of carbonyl (C=O) groups is 2. The van der Waals surface area contributed by atoms with Gasteiger partial charge in [-0.3, -0.25) is 14.6 Å². The van der Waals surface area contributed by atoms with Crippen molar-refractivity contribution in [3.05, 3.63) is 126 Å². The van der Waals surface area contributed by atoms with Crippen molar-refractivity contribution in [1.82, 2.24) is 10.3 Å². The number of para-hydroxylation sites is 1. The highest BCUT2D eigenvalue weighted by atomic mass is 19.1. The third-order valence-electron chi connectivity index (χ3n) is 5.06. The third-order valence-corrected chi connectivity index (χ3v) is 5.06. The van der Waals surface area contributed by atoms with Crippen LogP contribution in [-0.4, -0.2) is 23.4 Å². The molecule has 0 radical (unpaired) electrons. The van der Waals surface area contributed by atoms with Crippen molar-refractivity contribution in [2.75, 3.05) is 11.9 Å². The van der Waals surface area contributed by atoms with Gasteiger partial charge in [0.05, 0.1) is 11.6 Å². The molecular formula is C27H22FN3O3. The van der Waals surface area contributed by atoms with Crippen LogP contribution in [0.5, 0.6) is 5.75 Å². The van der Waals surface area contributed by atoms with Crippen molar-refractivity contribution in [2.24, 2.45) is 0 Å². The van der Waals surface area contributed by atoms with Crippen LogP contribution in [-0.2, 0) is 0 Å². The Morgan fingerprint density at radius 1 is 0.853 bits per heavy atom. The Hall–Kier alpha value is -4.52. The lowest BCUT2D eigenvalue weighted by molar-refractivity contribution is 0.0919. The second-order valence-corrected chi connectivity index (χ2v) is 7.45. The molecule has 0 bridgehead atoms. The van der Waals surface area contributed by atoms with Gasteiger partial charge in [-0.25, -0.2) is 4.39 Å². The maximum atomic E-state index is 14.0. The maximum absolute atomic E-state index is 14.0. The number of rotatable bonds is 8. The number of aromatic nitrogens is 1. The molecular weight excluding hydrogens is 433 g/mol. The smallest absolute Gasteiger partial charge is 0.257 e. The van der Waals surface area contributed by atoms with Crippen molar-refractivity contribution >= 4 is 17.5 Å². The molecule has 4 rings (SSSR count). The Labute approximate surface area is 196 Å². The number of nitrogens with one attached hydrogen (secondary N) is 2. The highest BCUT2D eigenvalue weighted by molar-refractivity contribution is 6.05. The highest BCUT2D eigenvalue weighted by Crippen LogP contribution is 2.20. The van der Waals surface area contributed by atoms with Crippen molar-refractivity contribution in [3.63, 3.8) is 0 Å². The molecule has 0 saturated heterocycles.